The van der Waals surface area contributed by atoms with Crippen molar-refractivity contribution in [3.63, 3.8) is 0 Å². The minimum atomic E-state index is -1.02. The van der Waals surface area contributed by atoms with Crippen molar-refractivity contribution in [2.75, 3.05) is 0 Å². The summed E-state index contributed by atoms with van der Waals surface area (Å²) >= 11 is 0. The van der Waals surface area contributed by atoms with Crippen LogP contribution in [0.1, 0.15) is 50.6 Å². The standard InChI is InChI=1S/C30H26O2/c1-20-9-14-24(15-10-20)30(25-16-11-21(2)12-17-25)27-18-13-22(3)19-26(27)28(32-29(30)31)23-7-5-4-6-8-23/h4-19,28H,1-3H3. The molecule has 0 fully saturated rings. The smallest absolute Gasteiger partial charge is 0.326 e. The van der Waals surface area contributed by atoms with Crippen molar-refractivity contribution in [3.8, 4) is 0 Å². The average molecular weight is 419 g/mol. The third-order valence-corrected chi connectivity index (χ3v) is 6.50. The Balaban J connectivity index is 1.84. The molecule has 2 heteroatoms. The lowest BCUT2D eigenvalue weighted by molar-refractivity contribution is -0.153. The Bertz CT molecular complexity index is 1220. The summed E-state index contributed by atoms with van der Waals surface area (Å²) in [6.07, 6.45) is -0.428. The fourth-order valence-corrected chi connectivity index (χ4v) is 4.81. The Hall–Kier alpha value is -3.65. The molecule has 1 aliphatic rings. The Kier molecular flexibility index (Phi) is 4.94. The normalized spacial score (nSPS) is 16.8. The summed E-state index contributed by atoms with van der Waals surface area (Å²) < 4.78 is 6.30. The molecular weight excluding hydrogens is 392 g/mol. The fourth-order valence-electron chi connectivity index (χ4n) is 4.81. The first-order valence-electron chi connectivity index (χ1n) is 11.0. The molecule has 1 atom stereocenters. The van der Waals surface area contributed by atoms with Gasteiger partial charge < -0.3 is 4.74 Å². The van der Waals surface area contributed by atoms with Crippen LogP contribution in [0.5, 0.6) is 0 Å². The van der Waals surface area contributed by atoms with Crippen LogP contribution >= 0.6 is 0 Å². The lowest BCUT2D eigenvalue weighted by Gasteiger charge is -2.41. The number of carbonyl (C=O) groups is 1. The highest BCUT2D eigenvalue weighted by molar-refractivity contribution is 5.94. The van der Waals surface area contributed by atoms with Crippen LogP contribution in [0.2, 0.25) is 0 Å². The Labute approximate surface area is 189 Å². The topological polar surface area (TPSA) is 26.3 Å². The molecule has 0 radical (unpaired) electrons. The molecule has 0 saturated carbocycles. The van der Waals surface area contributed by atoms with Gasteiger partial charge in [0.15, 0.2) is 6.10 Å². The number of rotatable bonds is 3. The van der Waals surface area contributed by atoms with Crippen molar-refractivity contribution in [2.24, 2.45) is 0 Å². The van der Waals surface area contributed by atoms with Crippen LogP contribution in [0.15, 0.2) is 97.1 Å². The second-order valence-corrected chi connectivity index (χ2v) is 8.77. The van der Waals surface area contributed by atoms with Crippen molar-refractivity contribution in [1.82, 2.24) is 0 Å². The lowest BCUT2D eigenvalue weighted by Crippen LogP contribution is -2.45. The summed E-state index contributed by atoms with van der Waals surface area (Å²) in [5, 5.41) is 0. The molecule has 0 amide bonds. The lowest BCUT2D eigenvalue weighted by atomic mass is 9.65. The van der Waals surface area contributed by atoms with Gasteiger partial charge >= 0.3 is 5.97 Å². The molecule has 1 unspecified atom stereocenters. The maximum absolute atomic E-state index is 14.1. The van der Waals surface area contributed by atoms with Crippen LogP contribution < -0.4 is 0 Å². The summed E-state index contributed by atoms with van der Waals surface area (Å²) in [5.74, 6) is -0.240. The number of fused-ring (bicyclic) bond motifs is 1. The molecule has 0 aromatic heterocycles. The maximum Gasteiger partial charge on any atom is 0.326 e. The first kappa shape index (κ1) is 20.3. The van der Waals surface area contributed by atoms with E-state index < -0.39 is 11.5 Å². The first-order chi connectivity index (χ1) is 15.5. The minimum absolute atomic E-state index is 0.240. The van der Waals surface area contributed by atoms with E-state index in [0.29, 0.717) is 0 Å². The number of esters is 1. The Morgan fingerprint density at radius 1 is 0.656 bits per heavy atom. The molecule has 32 heavy (non-hydrogen) atoms. The summed E-state index contributed by atoms with van der Waals surface area (Å²) in [7, 11) is 0. The maximum atomic E-state index is 14.1. The monoisotopic (exact) mass is 418 g/mol. The molecule has 1 heterocycles. The molecule has 0 aliphatic carbocycles. The molecule has 0 bridgehead atoms. The highest BCUT2D eigenvalue weighted by Crippen LogP contribution is 2.49. The van der Waals surface area contributed by atoms with Gasteiger partial charge in [-0.05, 0) is 43.0 Å². The van der Waals surface area contributed by atoms with E-state index in [1.165, 1.54) is 0 Å². The zero-order chi connectivity index (χ0) is 22.3. The molecule has 1 aliphatic heterocycles. The highest BCUT2D eigenvalue weighted by atomic mass is 16.5. The van der Waals surface area contributed by atoms with Gasteiger partial charge in [0.05, 0.1) is 0 Å². The van der Waals surface area contributed by atoms with Gasteiger partial charge in [0.2, 0.25) is 0 Å². The van der Waals surface area contributed by atoms with E-state index in [-0.39, 0.29) is 5.97 Å². The van der Waals surface area contributed by atoms with Gasteiger partial charge in [0.1, 0.15) is 5.41 Å². The van der Waals surface area contributed by atoms with Crippen LogP contribution in [0, 0.1) is 20.8 Å². The van der Waals surface area contributed by atoms with E-state index >= 15 is 0 Å². The Morgan fingerprint density at radius 3 is 1.75 bits per heavy atom. The molecule has 0 N–H and O–H groups in total. The molecule has 4 aromatic rings. The van der Waals surface area contributed by atoms with Crippen molar-refractivity contribution in [3.05, 3.63) is 142 Å². The third kappa shape index (κ3) is 3.15. The summed E-state index contributed by atoms with van der Waals surface area (Å²) in [4.78, 5) is 14.1. The fraction of sp³-hybridized carbons (Fsp3) is 0.167. The van der Waals surface area contributed by atoms with Gasteiger partial charge in [-0.1, -0.05) is 114 Å². The van der Waals surface area contributed by atoms with E-state index in [0.717, 1.165) is 44.5 Å². The van der Waals surface area contributed by atoms with E-state index in [4.69, 9.17) is 4.74 Å². The predicted molar refractivity (Wildman–Crippen MR) is 128 cm³/mol. The number of hydrogen-bond acceptors (Lipinski definition) is 2. The van der Waals surface area contributed by atoms with Gasteiger partial charge in [0, 0.05) is 5.56 Å². The number of benzene rings is 4. The van der Waals surface area contributed by atoms with E-state index in [1.807, 2.05) is 30.3 Å². The molecule has 5 rings (SSSR count). The molecule has 0 saturated heterocycles. The molecule has 2 nitrogen and oxygen atoms in total. The van der Waals surface area contributed by atoms with Crippen molar-refractivity contribution < 1.29 is 9.53 Å². The van der Waals surface area contributed by atoms with E-state index in [1.54, 1.807) is 0 Å². The van der Waals surface area contributed by atoms with Gasteiger partial charge in [-0.15, -0.1) is 0 Å². The second kappa shape index (κ2) is 7.80. The number of ether oxygens (including phenoxy) is 1. The van der Waals surface area contributed by atoms with E-state index in [9.17, 15) is 4.79 Å². The molecular formula is C30H26O2. The van der Waals surface area contributed by atoms with E-state index in [2.05, 4.69) is 87.5 Å². The summed E-state index contributed by atoms with van der Waals surface area (Å²) in [6, 6.07) is 32.9. The average Bonchev–Trinajstić information content (AvgIpc) is 2.81. The van der Waals surface area contributed by atoms with Crippen LogP contribution in [0.25, 0.3) is 0 Å². The molecule has 4 aromatic carbocycles. The van der Waals surface area contributed by atoms with Crippen LogP contribution in [0.4, 0.5) is 0 Å². The highest BCUT2D eigenvalue weighted by Gasteiger charge is 2.51. The third-order valence-electron chi connectivity index (χ3n) is 6.50. The Morgan fingerprint density at radius 2 is 1.19 bits per heavy atom. The molecule has 158 valence electrons. The van der Waals surface area contributed by atoms with Crippen molar-refractivity contribution in [2.45, 2.75) is 32.3 Å². The quantitative estimate of drug-likeness (QED) is 0.351. The van der Waals surface area contributed by atoms with Crippen molar-refractivity contribution in [1.29, 1.82) is 0 Å². The van der Waals surface area contributed by atoms with Gasteiger partial charge in [-0.25, -0.2) is 0 Å². The van der Waals surface area contributed by atoms with Crippen LogP contribution in [-0.2, 0) is 14.9 Å². The SMILES string of the molecule is Cc1ccc(C2(c3ccc(C)cc3)C(=O)OC(c3ccccc3)c3cc(C)ccc32)cc1. The minimum Gasteiger partial charge on any atom is -0.451 e. The number of cyclic esters (lactones) is 1. The zero-order valence-corrected chi connectivity index (χ0v) is 18.6. The predicted octanol–water partition coefficient (Wildman–Crippen LogP) is 6.59. The molecule has 0 spiro atoms. The first-order valence-corrected chi connectivity index (χ1v) is 11.0. The summed E-state index contributed by atoms with van der Waals surface area (Å²) in [5.41, 5.74) is 7.29. The number of hydrogen-bond donors (Lipinski definition) is 0. The van der Waals surface area contributed by atoms with Gasteiger partial charge in [-0.2, -0.15) is 0 Å². The second-order valence-electron chi connectivity index (χ2n) is 8.77. The zero-order valence-electron chi connectivity index (χ0n) is 18.6. The van der Waals surface area contributed by atoms with Crippen LogP contribution in [0.3, 0.4) is 0 Å². The van der Waals surface area contributed by atoms with Crippen molar-refractivity contribution >= 4 is 5.97 Å². The number of carbonyl (C=O) groups excluding carboxylic acids is 1. The number of aryl methyl sites for hydroxylation is 3. The van der Waals surface area contributed by atoms with Gasteiger partial charge in [-0.3, -0.25) is 4.79 Å². The summed E-state index contributed by atoms with van der Waals surface area (Å²) in [6.45, 7) is 6.20. The van der Waals surface area contributed by atoms with Crippen LogP contribution in [-0.4, -0.2) is 5.97 Å². The van der Waals surface area contributed by atoms with Gasteiger partial charge in [0.25, 0.3) is 0 Å². The largest absolute Gasteiger partial charge is 0.451 e.